The molecule has 1 aliphatic heterocycles. The molecule has 93 heavy (non-hydrogen) atoms. The number of esters is 1. The molecule has 8 atom stereocenters. The Bertz CT molecular complexity index is 1890. The number of allylic oxidation sites excluding steroid dienone is 15. The smallest absolute Gasteiger partial charge is 0.306 e. The predicted octanol–water partition coefficient (Wildman–Crippen LogP) is 21.0. The van der Waals surface area contributed by atoms with E-state index in [1.165, 1.54) is 205 Å². The highest BCUT2D eigenvalue weighted by atomic mass is 16.7. The Balaban J connectivity index is 2.49. The Morgan fingerprint density at radius 3 is 1.13 bits per heavy atom. The Kier molecular flexibility index (Phi) is 64.5. The van der Waals surface area contributed by atoms with Crippen molar-refractivity contribution in [1.82, 2.24) is 5.32 Å². The van der Waals surface area contributed by atoms with Crippen LogP contribution in [0, 0.1) is 0 Å². The lowest BCUT2D eigenvalue weighted by Gasteiger charge is -2.41. The average Bonchev–Trinajstić information content (AvgIpc) is 0.842. The quantitative estimate of drug-likeness (QED) is 0.0195. The second-order valence-electron chi connectivity index (χ2n) is 26.7. The molecule has 1 fully saturated rings. The topological polar surface area (TPSA) is 175 Å². The molecular formula is C82H145NO10. The van der Waals surface area contributed by atoms with Crippen molar-refractivity contribution in [2.75, 3.05) is 13.2 Å². The standard InChI is InChI=1S/C82H145NO10/c1-4-7-10-13-16-19-22-24-26-28-30-32-34-36-38-40-42-44-46-48-50-52-55-58-61-64-67-70-77(87)93-80-79(89)78(88)76(71-84)92-82(80)91-72-73(74(85)68-65-62-59-56-53-21-18-15-12-9-6-3)83-81(90)75(86)69-66-63-60-57-54-51-49-47-45-43-41-39-37-35-33-31-29-27-25-23-20-17-14-11-8-5-2/h16-17,19-20,24-27,30-33,36,38,65,68,73-76,78-80,82,84-86,88-89H,4-15,18,21-23,28-29,34-35,37,39-64,66-67,69-72H2,1-3H3,(H,83,90)/b19-16-,20-17-,26-24-,27-25-,32-30-,33-31-,38-36-,68-65+. The summed E-state index contributed by atoms with van der Waals surface area (Å²) in [6.45, 7) is 5.77. The minimum Gasteiger partial charge on any atom is -0.454 e. The van der Waals surface area contributed by atoms with E-state index in [0.29, 0.717) is 12.8 Å². The first-order valence-corrected chi connectivity index (χ1v) is 39.0. The number of amides is 1. The van der Waals surface area contributed by atoms with Crippen LogP contribution in [0.1, 0.15) is 348 Å². The van der Waals surface area contributed by atoms with Crippen LogP contribution in [0.2, 0.25) is 0 Å². The highest BCUT2D eigenvalue weighted by Crippen LogP contribution is 2.26. The summed E-state index contributed by atoms with van der Waals surface area (Å²) in [5.41, 5.74) is 0. The maximum Gasteiger partial charge on any atom is 0.306 e. The number of hydrogen-bond donors (Lipinski definition) is 6. The first kappa shape index (κ1) is 87.6. The number of aliphatic hydroxyl groups is 5. The monoisotopic (exact) mass is 1300 g/mol. The van der Waals surface area contributed by atoms with E-state index in [9.17, 15) is 35.1 Å². The highest BCUT2D eigenvalue weighted by Gasteiger charge is 2.47. The van der Waals surface area contributed by atoms with Crippen LogP contribution in [0.5, 0.6) is 0 Å². The largest absolute Gasteiger partial charge is 0.454 e. The molecule has 0 aliphatic carbocycles. The number of carbonyl (C=O) groups excluding carboxylic acids is 2. The van der Waals surface area contributed by atoms with Gasteiger partial charge in [-0.05, 0) is 109 Å². The third kappa shape index (κ3) is 55.3. The second kappa shape index (κ2) is 68.5. The summed E-state index contributed by atoms with van der Waals surface area (Å²) in [6, 6.07) is -1.03. The highest BCUT2D eigenvalue weighted by molar-refractivity contribution is 5.80. The van der Waals surface area contributed by atoms with Crippen LogP contribution in [-0.2, 0) is 23.8 Å². The van der Waals surface area contributed by atoms with Crippen molar-refractivity contribution in [3.8, 4) is 0 Å². The van der Waals surface area contributed by atoms with E-state index >= 15 is 0 Å². The minimum atomic E-state index is -1.62. The van der Waals surface area contributed by atoms with E-state index < -0.39 is 67.4 Å². The fourth-order valence-electron chi connectivity index (χ4n) is 11.8. The molecule has 0 saturated carbocycles. The molecule has 0 radical (unpaired) electrons. The molecule has 1 heterocycles. The Hall–Kier alpha value is -3.42. The number of aliphatic hydroxyl groups excluding tert-OH is 5. The number of carbonyl (C=O) groups is 2. The van der Waals surface area contributed by atoms with E-state index in [1.807, 2.05) is 6.08 Å². The summed E-state index contributed by atoms with van der Waals surface area (Å²) < 4.78 is 17.7. The van der Waals surface area contributed by atoms with Crippen molar-refractivity contribution < 1.29 is 49.3 Å². The number of hydrogen-bond acceptors (Lipinski definition) is 10. The van der Waals surface area contributed by atoms with Crippen molar-refractivity contribution in [3.05, 3.63) is 97.2 Å². The van der Waals surface area contributed by atoms with E-state index in [1.54, 1.807) is 6.08 Å². The van der Waals surface area contributed by atoms with Gasteiger partial charge < -0.3 is 45.1 Å². The minimum absolute atomic E-state index is 0.117. The molecular weight excluding hydrogens is 1160 g/mol. The van der Waals surface area contributed by atoms with Crippen LogP contribution in [0.4, 0.5) is 0 Å². The van der Waals surface area contributed by atoms with E-state index in [2.05, 4.69) is 111 Å². The summed E-state index contributed by atoms with van der Waals surface area (Å²) in [4.78, 5) is 26.8. The van der Waals surface area contributed by atoms with Crippen molar-refractivity contribution in [3.63, 3.8) is 0 Å². The van der Waals surface area contributed by atoms with Crippen molar-refractivity contribution in [2.24, 2.45) is 0 Å². The van der Waals surface area contributed by atoms with Gasteiger partial charge in [-0.2, -0.15) is 0 Å². The van der Waals surface area contributed by atoms with Crippen LogP contribution in [-0.4, -0.2) is 99.6 Å². The van der Waals surface area contributed by atoms with Gasteiger partial charge in [-0.15, -0.1) is 0 Å². The zero-order chi connectivity index (χ0) is 67.4. The Labute approximate surface area is 571 Å². The molecule has 538 valence electrons. The number of unbranched alkanes of at least 4 members (excludes halogenated alkanes) is 39. The fourth-order valence-corrected chi connectivity index (χ4v) is 11.8. The van der Waals surface area contributed by atoms with Crippen LogP contribution < -0.4 is 5.32 Å². The van der Waals surface area contributed by atoms with Gasteiger partial charge in [0.2, 0.25) is 5.91 Å². The third-order valence-electron chi connectivity index (χ3n) is 18.0. The third-order valence-corrected chi connectivity index (χ3v) is 18.0. The van der Waals surface area contributed by atoms with Gasteiger partial charge in [0.05, 0.1) is 25.4 Å². The molecule has 1 saturated heterocycles. The number of rotatable bonds is 67. The van der Waals surface area contributed by atoms with Crippen molar-refractivity contribution in [1.29, 1.82) is 0 Å². The summed E-state index contributed by atoms with van der Waals surface area (Å²) in [5.74, 6) is -1.19. The molecule has 1 amide bonds. The van der Waals surface area contributed by atoms with E-state index in [-0.39, 0.29) is 19.4 Å². The molecule has 11 nitrogen and oxygen atoms in total. The fraction of sp³-hybridized carbons (Fsp3) is 0.780. The lowest BCUT2D eigenvalue weighted by Crippen LogP contribution is -2.61. The first-order valence-electron chi connectivity index (χ1n) is 39.0. The van der Waals surface area contributed by atoms with Gasteiger partial charge in [-0.3, -0.25) is 9.59 Å². The SMILES string of the molecule is CCCCC/C=C\C/C=C\C/C=C\C/C=C\CCCCCCCCCCCCCC(=O)OC1C(OCC(NC(=O)C(O)CCCCCCCCCCCCCCC/C=C\C/C=C\C/C=C\CCCCC)C(O)/C=C/CCCCCCCCCCC)OC(CO)C(O)C1O. The second-order valence-corrected chi connectivity index (χ2v) is 26.7. The van der Waals surface area contributed by atoms with Gasteiger partial charge in [0.1, 0.15) is 24.4 Å². The molecule has 0 bridgehead atoms. The van der Waals surface area contributed by atoms with Gasteiger partial charge in [0.25, 0.3) is 0 Å². The Morgan fingerprint density at radius 2 is 0.742 bits per heavy atom. The van der Waals surface area contributed by atoms with Gasteiger partial charge in [0, 0.05) is 6.42 Å². The van der Waals surface area contributed by atoms with Gasteiger partial charge in [-0.1, -0.05) is 330 Å². The zero-order valence-corrected chi connectivity index (χ0v) is 60.1. The van der Waals surface area contributed by atoms with Crippen LogP contribution >= 0.6 is 0 Å². The molecule has 1 aliphatic rings. The molecule has 0 spiro atoms. The summed E-state index contributed by atoms with van der Waals surface area (Å²) >= 11 is 0. The number of nitrogens with one attached hydrogen (secondary N) is 1. The van der Waals surface area contributed by atoms with E-state index in [4.69, 9.17) is 14.2 Å². The van der Waals surface area contributed by atoms with Crippen molar-refractivity contribution >= 4 is 11.9 Å². The van der Waals surface area contributed by atoms with Crippen molar-refractivity contribution in [2.45, 2.75) is 397 Å². The molecule has 11 heteroatoms. The normalized spacial score (nSPS) is 18.4. The maximum atomic E-state index is 13.5. The lowest BCUT2D eigenvalue weighted by molar-refractivity contribution is -0.305. The molecule has 6 N–H and O–H groups in total. The average molecular weight is 1310 g/mol. The number of ether oxygens (including phenoxy) is 3. The molecule has 0 aromatic rings. The van der Waals surface area contributed by atoms with Gasteiger partial charge in [0.15, 0.2) is 12.4 Å². The lowest BCUT2D eigenvalue weighted by atomic mass is 9.99. The van der Waals surface area contributed by atoms with Crippen LogP contribution in [0.25, 0.3) is 0 Å². The van der Waals surface area contributed by atoms with Gasteiger partial charge >= 0.3 is 5.97 Å². The van der Waals surface area contributed by atoms with Gasteiger partial charge in [-0.25, -0.2) is 0 Å². The molecule has 0 aromatic carbocycles. The summed E-state index contributed by atoms with van der Waals surface area (Å²) in [6.07, 6.45) is 83.1. The molecule has 8 unspecified atom stereocenters. The molecule has 1 rings (SSSR count). The Morgan fingerprint density at radius 1 is 0.419 bits per heavy atom. The summed E-state index contributed by atoms with van der Waals surface area (Å²) in [7, 11) is 0. The van der Waals surface area contributed by atoms with E-state index in [0.717, 1.165) is 96.3 Å². The maximum absolute atomic E-state index is 13.5. The molecule has 0 aromatic heterocycles. The van der Waals surface area contributed by atoms with Crippen LogP contribution in [0.15, 0.2) is 97.2 Å². The van der Waals surface area contributed by atoms with Crippen LogP contribution in [0.3, 0.4) is 0 Å². The summed E-state index contributed by atoms with van der Waals surface area (Å²) in [5, 5.41) is 57.4. The first-order chi connectivity index (χ1) is 45.7. The predicted molar refractivity (Wildman–Crippen MR) is 393 cm³/mol. The zero-order valence-electron chi connectivity index (χ0n) is 60.1.